The summed E-state index contributed by atoms with van der Waals surface area (Å²) in [6, 6.07) is 2.56. The second kappa shape index (κ2) is 5.11. The Hall–Kier alpha value is -0.590. The molecule has 64 valence electrons. The predicted molar refractivity (Wildman–Crippen MR) is 45.9 cm³/mol. The molecule has 11 heavy (non-hydrogen) atoms. The molecule has 2 unspecified atom stereocenters. The van der Waals surface area contributed by atoms with Crippen LogP contribution in [0.25, 0.3) is 0 Å². The Morgan fingerprint density at radius 1 is 1.55 bits per heavy atom. The Balaban J connectivity index is 3.69. The molecule has 0 aromatic heterocycles. The quantitative estimate of drug-likeness (QED) is 0.640. The van der Waals surface area contributed by atoms with E-state index in [9.17, 15) is 0 Å². The SMILES string of the molecule is CC(C#N)CN(C)C(C)CN. The van der Waals surface area contributed by atoms with E-state index in [1.807, 2.05) is 14.0 Å². The highest BCUT2D eigenvalue weighted by Gasteiger charge is 2.09. The number of hydrogen-bond donors (Lipinski definition) is 1. The van der Waals surface area contributed by atoms with Crippen molar-refractivity contribution in [3.63, 3.8) is 0 Å². The van der Waals surface area contributed by atoms with Crippen LogP contribution in [0.5, 0.6) is 0 Å². The Morgan fingerprint density at radius 3 is 2.45 bits per heavy atom. The zero-order valence-electron chi connectivity index (χ0n) is 7.54. The Kier molecular flexibility index (Phi) is 4.84. The summed E-state index contributed by atoms with van der Waals surface area (Å²) in [4.78, 5) is 2.11. The van der Waals surface area contributed by atoms with Crippen molar-refractivity contribution in [2.75, 3.05) is 20.1 Å². The Labute approximate surface area is 68.8 Å². The van der Waals surface area contributed by atoms with Crippen LogP contribution in [0.1, 0.15) is 13.8 Å². The molecule has 0 rings (SSSR count). The maximum atomic E-state index is 8.53. The molecule has 0 saturated heterocycles. The monoisotopic (exact) mass is 155 g/mol. The van der Waals surface area contributed by atoms with Crippen molar-refractivity contribution >= 4 is 0 Å². The number of nitrogens with two attached hydrogens (primary N) is 1. The lowest BCUT2D eigenvalue weighted by Crippen LogP contribution is -2.37. The van der Waals surface area contributed by atoms with E-state index in [1.54, 1.807) is 0 Å². The van der Waals surface area contributed by atoms with E-state index in [0.717, 1.165) is 6.54 Å². The molecule has 0 radical (unpaired) electrons. The van der Waals surface area contributed by atoms with E-state index in [0.29, 0.717) is 12.6 Å². The smallest absolute Gasteiger partial charge is 0.0666 e. The fraction of sp³-hybridized carbons (Fsp3) is 0.875. The van der Waals surface area contributed by atoms with Gasteiger partial charge in [0.15, 0.2) is 0 Å². The fourth-order valence-corrected chi connectivity index (χ4v) is 0.833. The summed E-state index contributed by atoms with van der Waals surface area (Å²) in [7, 11) is 1.99. The van der Waals surface area contributed by atoms with E-state index in [1.165, 1.54) is 0 Å². The summed E-state index contributed by atoms with van der Waals surface area (Å²) in [6.45, 7) is 5.42. The van der Waals surface area contributed by atoms with Gasteiger partial charge in [0.05, 0.1) is 12.0 Å². The zero-order valence-corrected chi connectivity index (χ0v) is 7.54. The summed E-state index contributed by atoms with van der Waals surface area (Å²) in [6.07, 6.45) is 0. The maximum Gasteiger partial charge on any atom is 0.0666 e. The second-order valence-corrected chi connectivity index (χ2v) is 3.05. The molecule has 0 amide bonds. The first-order chi connectivity index (χ1) is 5.11. The van der Waals surface area contributed by atoms with Crippen LogP contribution in [-0.4, -0.2) is 31.1 Å². The van der Waals surface area contributed by atoms with E-state index < -0.39 is 0 Å². The van der Waals surface area contributed by atoms with Crippen LogP contribution in [0, 0.1) is 17.2 Å². The molecular formula is C8H17N3. The van der Waals surface area contributed by atoms with Gasteiger partial charge in [0.25, 0.3) is 0 Å². The van der Waals surface area contributed by atoms with Gasteiger partial charge in [-0.2, -0.15) is 5.26 Å². The van der Waals surface area contributed by atoms with Gasteiger partial charge < -0.3 is 10.6 Å². The molecule has 0 aliphatic heterocycles. The van der Waals surface area contributed by atoms with Crippen molar-refractivity contribution in [2.45, 2.75) is 19.9 Å². The Bertz CT molecular complexity index is 139. The van der Waals surface area contributed by atoms with Gasteiger partial charge in [0, 0.05) is 19.1 Å². The minimum atomic E-state index is 0.0917. The summed E-state index contributed by atoms with van der Waals surface area (Å²) >= 11 is 0. The van der Waals surface area contributed by atoms with Crippen LogP contribution < -0.4 is 5.73 Å². The molecule has 0 saturated carbocycles. The lowest BCUT2D eigenvalue weighted by Gasteiger charge is -2.23. The van der Waals surface area contributed by atoms with Gasteiger partial charge in [0.1, 0.15) is 0 Å². The minimum absolute atomic E-state index is 0.0917. The summed E-state index contributed by atoms with van der Waals surface area (Å²) in [5.74, 6) is 0.0917. The number of rotatable bonds is 4. The normalized spacial score (nSPS) is 16.0. The zero-order chi connectivity index (χ0) is 8.85. The predicted octanol–water partition coefficient (Wildman–Crippen LogP) is 0.425. The molecule has 0 bridgehead atoms. The number of likely N-dealkylation sites (N-methyl/N-ethyl adjacent to an activating group) is 1. The van der Waals surface area contributed by atoms with Crippen LogP contribution in [-0.2, 0) is 0 Å². The van der Waals surface area contributed by atoms with E-state index in [-0.39, 0.29) is 5.92 Å². The number of hydrogen-bond acceptors (Lipinski definition) is 3. The van der Waals surface area contributed by atoms with Gasteiger partial charge in [-0.15, -0.1) is 0 Å². The van der Waals surface area contributed by atoms with Crippen LogP contribution in [0.15, 0.2) is 0 Å². The lowest BCUT2D eigenvalue weighted by atomic mass is 10.2. The van der Waals surface area contributed by atoms with Crippen molar-refractivity contribution in [1.82, 2.24) is 4.90 Å². The molecule has 3 heteroatoms. The van der Waals surface area contributed by atoms with Gasteiger partial charge >= 0.3 is 0 Å². The molecule has 0 heterocycles. The first kappa shape index (κ1) is 10.4. The van der Waals surface area contributed by atoms with Crippen molar-refractivity contribution in [1.29, 1.82) is 5.26 Å². The maximum absolute atomic E-state index is 8.53. The van der Waals surface area contributed by atoms with E-state index in [4.69, 9.17) is 11.0 Å². The standard InChI is InChI=1S/C8H17N3/c1-7(4-9)6-11(3)8(2)5-10/h7-8H,5-6,10H2,1-3H3. The highest BCUT2D eigenvalue weighted by Crippen LogP contribution is 1.99. The number of nitrogens with zero attached hydrogens (tertiary/aromatic N) is 2. The molecule has 0 aromatic rings. The molecule has 0 fully saturated rings. The van der Waals surface area contributed by atoms with Gasteiger partial charge in [-0.3, -0.25) is 0 Å². The molecule has 2 atom stereocenters. The number of nitriles is 1. The highest BCUT2D eigenvalue weighted by atomic mass is 15.1. The topological polar surface area (TPSA) is 53.0 Å². The average Bonchev–Trinajstić information content (AvgIpc) is 2.02. The molecule has 0 aromatic carbocycles. The van der Waals surface area contributed by atoms with Crippen molar-refractivity contribution in [3.8, 4) is 6.07 Å². The molecular weight excluding hydrogens is 138 g/mol. The van der Waals surface area contributed by atoms with E-state index >= 15 is 0 Å². The van der Waals surface area contributed by atoms with Gasteiger partial charge in [0.2, 0.25) is 0 Å². The third kappa shape index (κ3) is 3.97. The third-order valence-corrected chi connectivity index (χ3v) is 1.88. The van der Waals surface area contributed by atoms with E-state index in [2.05, 4.69) is 17.9 Å². The van der Waals surface area contributed by atoms with Crippen LogP contribution in [0.2, 0.25) is 0 Å². The summed E-state index contributed by atoms with van der Waals surface area (Å²) in [5, 5.41) is 8.53. The highest BCUT2D eigenvalue weighted by molar-refractivity contribution is 4.81. The van der Waals surface area contributed by atoms with Crippen molar-refractivity contribution in [3.05, 3.63) is 0 Å². The third-order valence-electron chi connectivity index (χ3n) is 1.88. The summed E-state index contributed by atoms with van der Waals surface area (Å²) in [5.41, 5.74) is 5.47. The Morgan fingerprint density at radius 2 is 2.09 bits per heavy atom. The lowest BCUT2D eigenvalue weighted by molar-refractivity contribution is 0.246. The fourth-order valence-electron chi connectivity index (χ4n) is 0.833. The molecule has 0 spiro atoms. The molecule has 0 aliphatic rings. The molecule has 3 nitrogen and oxygen atoms in total. The van der Waals surface area contributed by atoms with Gasteiger partial charge in [-0.05, 0) is 20.9 Å². The second-order valence-electron chi connectivity index (χ2n) is 3.05. The first-order valence-corrected chi connectivity index (χ1v) is 3.91. The summed E-state index contributed by atoms with van der Waals surface area (Å²) < 4.78 is 0. The van der Waals surface area contributed by atoms with Crippen LogP contribution in [0.3, 0.4) is 0 Å². The average molecular weight is 155 g/mol. The van der Waals surface area contributed by atoms with Crippen molar-refractivity contribution < 1.29 is 0 Å². The van der Waals surface area contributed by atoms with Crippen LogP contribution >= 0.6 is 0 Å². The largest absolute Gasteiger partial charge is 0.329 e. The van der Waals surface area contributed by atoms with Crippen LogP contribution in [0.4, 0.5) is 0 Å². The molecule has 0 aliphatic carbocycles. The van der Waals surface area contributed by atoms with Gasteiger partial charge in [-0.25, -0.2) is 0 Å². The first-order valence-electron chi connectivity index (χ1n) is 3.91. The van der Waals surface area contributed by atoms with Crippen molar-refractivity contribution in [2.24, 2.45) is 11.7 Å². The molecule has 2 N–H and O–H groups in total. The minimum Gasteiger partial charge on any atom is -0.329 e. The van der Waals surface area contributed by atoms with Gasteiger partial charge in [-0.1, -0.05) is 0 Å².